The average molecular weight is 200 g/mol. The molecule has 1 atom stereocenters. The first kappa shape index (κ1) is 11.1. The van der Waals surface area contributed by atoms with Gasteiger partial charge in [0.05, 0.1) is 0 Å². The fraction of sp³-hybridized carbons (Fsp3) is 0.800. The highest BCUT2D eigenvalue weighted by molar-refractivity contribution is 7.99. The van der Waals surface area contributed by atoms with Crippen LogP contribution in [0.1, 0.15) is 6.42 Å². The predicted octanol–water partition coefficient (Wildman–Crippen LogP) is 1.20. The van der Waals surface area contributed by atoms with Gasteiger partial charge in [-0.15, -0.1) is 6.58 Å². The maximum atomic E-state index is 3.71. The van der Waals surface area contributed by atoms with Gasteiger partial charge in [-0.05, 0) is 20.0 Å². The van der Waals surface area contributed by atoms with Crippen molar-refractivity contribution in [2.45, 2.75) is 12.5 Å². The van der Waals surface area contributed by atoms with Gasteiger partial charge in [0.2, 0.25) is 0 Å². The Morgan fingerprint density at radius 1 is 1.69 bits per heavy atom. The van der Waals surface area contributed by atoms with Crippen LogP contribution < -0.4 is 5.32 Å². The van der Waals surface area contributed by atoms with Crippen molar-refractivity contribution in [2.75, 3.05) is 38.2 Å². The lowest BCUT2D eigenvalue weighted by molar-refractivity contribution is 0.351. The summed E-state index contributed by atoms with van der Waals surface area (Å²) >= 11 is 1.97. The van der Waals surface area contributed by atoms with E-state index >= 15 is 0 Å². The molecular formula is C10H20N2S. The highest BCUT2D eigenvalue weighted by Gasteiger charge is 2.19. The van der Waals surface area contributed by atoms with Crippen LogP contribution in [0.5, 0.6) is 0 Å². The zero-order chi connectivity index (χ0) is 9.52. The van der Waals surface area contributed by atoms with Crippen molar-refractivity contribution in [3.8, 4) is 0 Å². The van der Waals surface area contributed by atoms with Crippen molar-refractivity contribution in [1.82, 2.24) is 10.2 Å². The summed E-state index contributed by atoms with van der Waals surface area (Å²) in [6, 6.07) is 0.726. The number of rotatable bonds is 6. The largest absolute Gasteiger partial charge is 0.316 e. The van der Waals surface area contributed by atoms with Crippen LogP contribution in [0.15, 0.2) is 12.7 Å². The van der Waals surface area contributed by atoms with Gasteiger partial charge in [-0.1, -0.05) is 6.08 Å². The Morgan fingerprint density at radius 2 is 2.54 bits per heavy atom. The molecule has 2 nitrogen and oxygen atoms in total. The molecule has 0 spiro atoms. The van der Waals surface area contributed by atoms with E-state index in [1.165, 1.54) is 31.8 Å². The molecule has 1 saturated heterocycles. The van der Waals surface area contributed by atoms with Crippen LogP contribution in [0, 0.1) is 0 Å². The van der Waals surface area contributed by atoms with Gasteiger partial charge < -0.3 is 10.2 Å². The van der Waals surface area contributed by atoms with E-state index in [4.69, 9.17) is 0 Å². The molecule has 13 heavy (non-hydrogen) atoms. The van der Waals surface area contributed by atoms with E-state index in [1.54, 1.807) is 0 Å². The minimum absolute atomic E-state index is 0.726. The van der Waals surface area contributed by atoms with Gasteiger partial charge in [-0.3, -0.25) is 0 Å². The van der Waals surface area contributed by atoms with E-state index in [1.807, 2.05) is 17.8 Å². The topological polar surface area (TPSA) is 15.3 Å². The minimum atomic E-state index is 0.726. The van der Waals surface area contributed by atoms with Crippen molar-refractivity contribution in [2.24, 2.45) is 0 Å². The summed E-state index contributed by atoms with van der Waals surface area (Å²) < 4.78 is 0. The number of nitrogens with zero attached hydrogens (tertiary/aromatic N) is 1. The number of thioether (sulfide) groups is 1. The zero-order valence-corrected chi connectivity index (χ0v) is 9.28. The van der Waals surface area contributed by atoms with Gasteiger partial charge in [0.1, 0.15) is 0 Å². The molecule has 3 heteroatoms. The smallest absolute Gasteiger partial charge is 0.0204 e. The molecule has 76 valence electrons. The normalized spacial score (nSPS) is 23.6. The molecule has 1 unspecified atom stereocenters. The molecule has 1 N–H and O–H groups in total. The number of likely N-dealkylation sites (N-methyl/N-ethyl adjacent to an activating group) is 1. The molecule has 0 radical (unpaired) electrons. The van der Waals surface area contributed by atoms with Crippen molar-refractivity contribution in [1.29, 1.82) is 0 Å². The van der Waals surface area contributed by atoms with Crippen LogP contribution in [0.2, 0.25) is 0 Å². The molecule has 0 aromatic heterocycles. The second-order valence-corrected chi connectivity index (χ2v) is 4.59. The van der Waals surface area contributed by atoms with E-state index in [9.17, 15) is 0 Å². The summed E-state index contributed by atoms with van der Waals surface area (Å²) in [6.07, 6.45) is 3.29. The summed E-state index contributed by atoms with van der Waals surface area (Å²) in [5.41, 5.74) is 0. The third kappa shape index (κ3) is 4.16. The molecule has 0 bridgehead atoms. The fourth-order valence-electron chi connectivity index (χ4n) is 1.63. The summed E-state index contributed by atoms with van der Waals surface area (Å²) in [7, 11) is 2.06. The third-order valence-electron chi connectivity index (χ3n) is 2.47. The van der Waals surface area contributed by atoms with Crippen molar-refractivity contribution in [3.63, 3.8) is 0 Å². The molecule has 0 aromatic carbocycles. The quantitative estimate of drug-likeness (QED) is 0.512. The molecule has 0 aromatic rings. The third-order valence-corrected chi connectivity index (χ3v) is 3.41. The number of hydrogen-bond donors (Lipinski definition) is 1. The molecule has 1 aliphatic heterocycles. The molecule has 1 heterocycles. The van der Waals surface area contributed by atoms with E-state index in [-0.39, 0.29) is 0 Å². The Morgan fingerprint density at radius 3 is 3.15 bits per heavy atom. The first-order valence-electron chi connectivity index (χ1n) is 4.95. The van der Waals surface area contributed by atoms with Crippen LogP contribution in [0.4, 0.5) is 0 Å². The Bertz CT molecular complexity index is 150. The first-order valence-corrected chi connectivity index (χ1v) is 6.10. The lowest BCUT2D eigenvalue weighted by atomic mass is 10.3. The van der Waals surface area contributed by atoms with Crippen LogP contribution in [0.3, 0.4) is 0 Å². The number of nitrogens with one attached hydrogen (secondary N) is 1. The monoisotopic (exact) mass is 200 g/mol. The SMILES string of the molecule is C=CCSCCN1CCC(NC)C1. The average Bonchev–Trinajstić information content (AvgIpc) is 2.60. The van der Waals surface area contributed by atoms with E-state index in [2.05, 4.69) is 23.8 Å². The number of likely N-dealkylation sites (tertiary alicyclic amines) is 1. The van der Waals surface area contributed by atoms with E-state index in [0.717, 1.165) is 11.8 Å². The highest BCUT2D eigenvalue weighted by Crippen LogP contribution is 2.09. The second kappa shape index (κ2) is 6.46. The predicted molar refractivity (Wildman–Crippen MR) is 61.4 cm³/mol. The van der Waals surface area contributed by atoms with Gasteiger partial charge >= 0.3 is 0 Å². The molecular weight excluding hydrogens is 180 g/mol. The molecule has 0 aliphatic carbocycles. The van der Waals surface area contributed by atoms with Crippen molar-refractivity contribution < 1.29 is 0 Å². The van der Waals surface area contributed by atoms with Gasteiger partial charge in [0.25, 0.3) is 0 Å². The maximum Gasteiger partial charge on any atom is 0.0204 e. The standard InChI is InChI=1S/C10H20N2S/c1-3-7-13-8-6-12-5-4-10(9-12)11-2/h3,10-11H,1,4-9H2,2H3. The van der Waals surface area contributed by atoms with E-state index in [0.29, 0.717) is 0 Å². The molecule has 1 fully saturated rings. The van der Waals surface area contributed by atoms with Crippen LogP contribution in [-0.2, 0) is 0 Å². The summed E-state index contributed by atoms with van der Waals surface area (Å²) in [5, 5.41) is 3.33. The van der Waals surface area contributed by atoms with E-state index < -0.39 is 0 Å². The number of hydrogen-bond acceptors (Lipinski definition) is 3. The Balaban J connectivity index is 2.00. The zero-order valence-electron chi connectivity index (χ0n) is 8.46. The van der Waals surface area contributed by atoms with Crippen LogP contribution >= 0.6 is 11.8 Å². The first-order chi connectivity index (χ1) is 6.36. The van der Waals surface area contributed by atoms with Crippen molar-refractivity contribution in [3.05, 3.63) is 12.7 Å². The summed E-state index contributed by atoms with van der Waals surface area (Å²) in [6.45, 7) is 7.44. The van der Waals surface area contributed by atoms with Gasteiger partial charge in [-0.2, -0.15) is 11.8 Å². The lowest BCUT2D eigenvalue weighted by Gasteiger charge is -2.14. The molecule has 1 rings (SSSR count). The summed E-state index contributed by atoms with van der Waals surface area (Å²) in [4.78, 5) is 2.54. The van der Waals surface area contributed by atoms with Gasteiger partial charge in [0, 0.05) is 30.6 Å². The van der Waals surface area contributed by atoms with Crippen LogP contribution in [0.25, 0.3) is 0 Å². The van der Waals surface area contributed by atoms with Gasteiger partial charge in [-0.25, -0.2) is 0 Å². The Kier molecular flexibility index (Phi) is 5.51. The molecule has 0 saturated carbocycles. The fourth-order valence-corrected chi connectivity index (χ4v) is 2.35. The van der Waals surface area contributed by atoms with Crippen molar-refractivity contribution >= 4 is 11.8 Å². The highest BCUT2D eigenvalue weighted by atomic mass is 32.2. The maximum absolute atomic E-state index is 3.71. The lowest BCUT2D eigenvalue weighted by Crippen LogP contribution is -2.30. The minimum Gasteiger partial charge on any atom is -0.316 e. The molecule has 1 aliphatic rings. The Hall–Kier alpha value is 0.01000. The molecule has 0 amide bonds. The van der Waals surface area contributed by atoms with Crippen LogP contribution in [-0.4, -0.2) is 49.1 Å². The second-order valence-electron chi connectivity index (χ2n) is 3.44. The summed E-state index contributed by atoms with van der Waals surface area (Å²) in [5.74, 6) is 2.33. The van der Waals surface area contributed by atoms with Gasteiger partial charge in [0.15, 0.2) is 0 Å². The Labute approximate surface area is 85.8 Å².